The third-order valence-electron chi connectivity index (χ3n) is 3.11. The summed E-state index contributed by atoms with van der Waals surface area (Å²) < 4.78 is 2.24. The largest absolute Gasteiger partial charge is 0.350 e. The van der Waals surface area contributed by atoms with Gasteiger partial charge in [0.25, 0.3) is 11.5 Å². The van der Waals surface area contributed by atoms with Crippen LogP contribution in [0.5, 0.6) is 0 Å². The number of halogens is 2. The number of carbonyl (C=O) groups is 1. The fourth-order valence-electron chi connectivity index (χ4n) is 2.05. The van der Waals surface area contributed by atoms with Crippen molar-refractivity contribution in [1.29, 1.82) is 0 Å². The number of nitrogens with zero attached hydrogens (tertiary/aromatic N) is 1. The highest BCUT2D eigenvalue weighted by Crippen LogP contribution is 2.30. The number of nitrogens with one attached hydrogen (secondary N) is 2. The maximum Gasteiger partial charge on any atom is 0.328 e. The molecule has 3 heterocycles. The van der Waals surface area contributed by atoms with Crippen molar-refractivity contribution in [3.63, 3.8) is 0 Å². The monoisotopic (exact) mass is 389 g/mol. The first kappa shape index (κ1) is 16.3. The van der Waals surface area contributed by atoms with Gasteiger partial charge in [0.15, 0.2) is 0 Å². The van der Waals surface area contributed by atoms with Gasteiger partial charge in [0.1, 0.15) is 9.04 Å². The third-order valence-corrected chi connectivity index (χ3v) is 5.50. The fraction of sp³-hybridized carbons (Fsp3) is 0.154. The van der Waals surface area contributed by atoms with Gasteiger partial charge in [-0.2, -0.15) is 0 Å². The summed E-state index contributed by atoms with van der Waals surface area (Å²) in [5.41, 5.74) is -0.0852. The summed E-state index contributed by atoms with van der Waals surface area (Å²) in [5.74, 6) is -0.403. The van der Waals surface area contributed by atoms with E-state index in [-0.39, 0.29) is 24.2 Å². The Morgan fingerprint density at radius 1 is 1.35 bits per heavy atom. The van der Waals surface area contributed by atoms with Gasteiger partial charge in [-0.25, -0.2) is 4.79 Å². The zero-order valence-corrected chi connectivity index (χ0v) is 14.5. The normalized spacial score (nSPS) is 11.0. The molecule has 0 aliphatic rings. The maximum atomic E-state index is 12.2. The molecule has 0 spiro atoms. The Morgan fingerprint density at radius 2 is 2.13 bits per heavy atom. The molecule has 10 heteroatoms. The number of aromatic amines is 1. The van der Waals surface area contributed by atoms with Crippen molar-refractivity contribution in [3.05, 3.63) is 52.6 Å². The molecule has 120 valence electrons. The second-order valence-electron chi connectivity index (χ2n) is 4.54. The molecule has 0 saturated heterocycles. The van der Waals surface area contributed by atoms with Crippen LogP contribution in [-0.2, 0) is 6.54 Å². The molecular formula is C13H9Cl2N3O3S2. The average Bonchev–Trinajstić information content (AvgIpc) is 3.08. The number of fused-ring (bicyclic) bond motifs is 1. The summed E-state index contributed by atoms with van der Waals surface area (Å²) >= 11 is 14.0. The second-order valence-corrected chi connectivity index (χ2v) is 7.75. The molecule has 0 aliphatic heterocycles. The number of rotatable bonds is 4. The molecule has 3 aromatic heterocycles. The molecule has 0 saturated carbocycles. The van der Waals surface area contributed by atoms with Crippen LogP contribution >= 0.6 is 45.9 Å². The number of thiophene rings is 2. The van der Waals surface area contributed by atoms with Crippen molar-refractivity contribution in [2.24, 2.45) is 0 Å². The van der Waals surface area contributed by atoms with Crippen LogP contribution in [0.25, 0.3) is 10.2 Å². The van der Waals surface area contributed by atoms with E-state index in [0.717, 1.165) is 15.9 Å². The van der Waals surface area contributed by atoms with Crippen LogP contribution in [0.4, 0.5) is 0 Å². The molecule has 0 aromatic carbocycles. The van der Waals surface area contributed by atoms with Crippen LogP contribution in [0.1, 0.15) is 10.4 Å². The zero-order valence-electron chi connectivity index (χ0n) is 11.4. The predicted molar refractivity (Wildman–Crippen MR) is 93.4 cm³/mol. The third kappa shape index (κ3) is 3.20. The van der Waals surface area contributed by atoms with Crippen LogP contribution in [-0.4, -0.2) is 22.0 Å². The Hall–Kier alpha value is -1.61. The lowest BCUT2D eigenvalue weighted by molar-refractivity contribution is 0.0952. The van der Waals surface area contributed by atoms with Gasteiger partial charge in [0, 0.05) is 13.1 Å². The number of H-pyrrole nitrogens is 1. The second kappa shape index (κ2) is 6.48. The molecule has 6 nitrogen and oxygen atoms in total. The van der Waals surface area contributed by atoms with Gasteiger partial charge < -0.3 is 10.3 Å². The summed E-state index contributed by atoms with van der Waals surface area (Å²) in [6.07, 6.45) is 0. The summed E-state index contributed by atoms with van der Waals surface area (Å²) in [5, 5.41) is 4.35. The van der Waals surface area contributed by atoms with Crippen LogP contribution in [0.2, 0.25) is 8.67 Å². The summed E-state index contributed by atoms with van der Waals surface area (Å²) in [7, 11) is 0. The summed E-state index contributed by atoms with van der Waals surface area (Å²) in [6, 6.07) is 3.15. The van der Waals surface area contributed by atoms with Crippen molar-refractivity contribution in [1.82, 2.24) is 14.9 Å². The van der Waals surface area contributed by atoms with Crippen LogP contribution in [0, 0.1) is 0 Å². The Bertz CT molecular complexity index is 1000. The molecule has 0 atom stereocenters. The Kier molecular flexibility index (Phi) is 4.58. The number of carbonyl (C=O) groups excluding carboxylic acids is 1. The van der Waals surface area contributed by atoms with Crippen molar-refractivity contribution < 1.29 is 4.79 Å². The topological polar surface area (TPSA) is 84.0 Å². The van der Waals surface area contributed by atoms with E-state index >= 15 is 0 Å². The lowest BCUT2D eigenvalue weighted by Gasteiger charge is -2.06. The molecule has 23 heavy (non-hydrogen) atoms. The van der Waals surface area contributed by atoms with Gasteiger partial charge in [-0.15, -0.1) is 22.7 Å². The van der Waals surface area contributed by atoms with Gasteiger partial charge in [0.2, 0.25) is 0 Å². The van der Waals surface area contributed by atoms with Gasteiger partial charge in [0.05, 0.1) is 15.4 Å². The maximum absolute atomic E-state index is 12.2. The molecular weight excluding hydrogens is 381 g/mol. The Balaban J connectivity index is 1.74. The lowest BCUT2D eigenvalue weighted by atomic mass is 10.3. The van der Waals surface area contributed by atoms with E-state index in [0.29, 0.717) is 18.9 Å². The molecule has 1 amide bonds. The average molecular weight is 390 g/mol. The highest BCUT2D eigenvalue weighted by atomic mass is 35.5. The van der Waals surface area contributed by atoms with Crippen molar-refractivity contribution in [2.45, 2.75) is 6.54 Å². The molecule has 0 aliphatic carbocycles. The first-order valence-electron chi connectivity index (χ1n) is 6.40. The van der Waals surface area contributed by atoms with E-state index in [1.165, 1.54) is 17.4 Å². The van der Waals surface area contributed by atoms with Gasteiger partial charge >= 0.3 is 5.69 Å². The molecule has 0 fully saturated rings. The minimum absolute atomic E-state index is 0.0588. The van der Waals surface area contributed by atoms with Crippen molar-refractivity contribution in [3.8, 4) is 0 Å². The quantitative estimate of drug-likeness (QED) is 0.718. The molecule has 0 unspecified atom stereocenters. The predicted octanol–water partition coefficient (Wildman–Crippen LogP) is 2.55. The fourth-order valence-corrected chi connectivity index (χ4v) is 4.30. The van der Waals surface area contributed by atoms with E-state index in [4.69, 9.17) is 23.2 Å². The SMILES string of the molecule is O=C(NCCn1c(=O)[nH]c2ccsc2c1=O)c1cc(Cl)sc1Cl. The van der Waals surface area contributed by atoms with Crippen molar-refractivity contribution in [2.75, 3.05) is 6.54 Å². The number of hydrogen-bond acceptors (Lipinski definition) is 5. The van der Waals surface area contributed by atoms with E-state index < -0.39 is 11.6 Å². The molecule has 0 bridgehead atoms. The smallest absolute Gasteiger partial charge is 0.328 e. The van der Waals surface area contributed by atoms with E-state index in [2.05, 4.69) is 10.3 Å². The van der Waals surface area contributed by atoms with Gasteiger partial charge in [-0.3, -0.25) is 14.2 Å². The molecule has 3 rings (SSSR count). The Morgan fingerprint density at radius 3 is 2.83 bits per heavy atom. The molecule has 0 radical (unpaired) electrons. The van der Waals surface area contributed by atoms with Gasteiger partial charge in [-0.1, -0.05) is 23.2 Å². The number of aromatic nitrogens is 2. The lowest BCUT2D eigenvalue weighted by Crippen LogP contribution is -2.38. The van der Waals surface area contributed by atoms with E-state index in [1.54, 1.807) is 11.4 Å². The first-order valence-corrected chi connectivity index (χ1v) is 8.86. The molecule has 2 N–H and O–H groups in total. The highest BCUT2D eigenvalue weighted by Gasteiger charge is 2.14. The molecule has 3 aromatic rings. The van der Waals surface area contributed by atoms with E-state index in [9.17, 15) is 14.4 Å². The standard InChI is InChI=1S/C13H9Cl2N3O3S2/c14-8-5-6(10(15)23-8)11(19)16-2-3-18-12(20)9-7(1-4-22-9)17-13(18)21/h1,4-5H,2-3H2,(H,16,19)(H,17,21). The number of hydrogen-bond donors (Lipinski definition) is 2. The van der Waals surface area contributed by atoms with Crippen molar-refractivity contribution >= 4 is 62.0 Å². The van der Waals surface area contributed by atoms with Crippen LogP contribution in [0.15, 0.2) is 27.1 Å². The summed E-state index contributed by atoms with van der Waals surface area (Å²) in [6.45, 7) is 0.172. The highest BCUT2D eigenvalue weighted by molar-refractivity contribution is 7.20. The summed E-state index contributed by atoms with van der Waals surface area (Å²) in [4.78, 5) is 38.8. The Labute approximate surface area is 147 Å². The number of amides is 1. The zero-order chi connectivity index (χ0) is 16.6. The minimum Gasteiger partial charge on any atom is -0.350 e. The minimum atomic E-state index is -0.508. The van der Waals surface area contributed by atoms with E-state index in [1.807, 2.05) is 0 Å². The van der Waals surface area contributed by atoms with Gasteiger partial charge in [-0.05, 0) is 17.5 Å². The van der Waals surface area contributed by atoms with Crippen LogP contribution < -0.4 is 16.6 Å². The van der Waals surface area contributed by atoms with Crippen LogP contribution in [0.3, 0.4) is 0 Å². The first-order chi connectivity index (χ1) is 11.0.